The Morgan fingerprint density at radius 1 is 0.875 bits per heavy atom. The van der Waals surface area contributed by atoms with Crippen LogP contribution >= 0.6 is 11.6 Å². The van der Waals surface area contributed by atoms with Crippen molar-refractivity contribution in [1.82, 2.24) is 5.32 Å². The van der Waals surface area contributed by atoms with Crippen molar-refractivity contribution in [2.24, 2.45) is 0 Å². The third kappa shape index (κ3) is 6.33. The van der Waals surface area contributed by atoms with Crippen molar-refractivity contribution in [3.8, 4) is 5.75 Å². The van der Waals surface area contributed by atoms with Crippen molar-refractivity contribution in [2.75, 3.05) is 11.9 Å². The minimum Gasteiger partial charge on any atom is -0.434 e. The normalized spacial score (nSPS) is 10.2. The lowest BCUT2D eigenvalue weighted by molar-refractivity contribution is 0.0950. The molecule has 0 unspecified atom stereocenters. The molecule has 0 fully saturated rings. The van der Waals surface area contributed by atoms with E-state index in [9.17, 15) is 14.4 Å². The second kappa shape index (κ2) is 11.0. The highest BCUT2D eigenvalue weighted by Gasteiger charge is 2.12. The molecular weight excluding hydrogens is 432 g/mol. The first-order valence-corrected chi connectivity index (χ1v) is 10.2. The molecule has 0 aliphatic heterocycles. The highest BCUT2D eigenvalue weighted by atomic mass is 35.5. The predicted octanol–water partition coefficient (Wildman–Crippen LogP) is 5.06. The van der Waals surface area contributed by atoms with Crippen LogP contribution in [-0.2, 0) is 11.3 Å². The van der Waals surface area contributed by atoms with Crippen LogP contribution in [0.1, 0.15) is 33.2 Å². The molecule has 2 amide bonds. The second-order valence-corrected chi connectivity index (χ2v) is 7.05. The molecule has 32 heavy (non-hydrogen) atoms. The molecule has 3 aromatic carbocycles. The van der Waals surface area contributed by atoms with E-state index in [0.717, 1.165) is 5.56 Å². The zero-order chi connectivity index (χ0) is 22.9. The molecule has 0 spiro atoms. The van der Waals surface area contributed by atoms with Gasteiger partial charge >= 0.3 is 6.16 Å². The van der Waals surface area contributed by atoms with Gasteiger partial charge in [-0.05, 0) is 61.0 Å². The maximum Gasteiger partial charge on any atom is 0.513 e. The Balaban J connectivity index is 1.61. The molecular formula is C24H21ClN2O5. The monoisotopic (exact) mass is 452 g/mol. The first kappa shape index (κ1) is 22.8. The Morgan fingerprint density at radius 2 is 1.62 bits per heavy atom. The van der Waals surface area contributed by atoms with Gasteiger partial charge in [-0.25, -0.2) is 4.79 Å². The van der Waals surface area contributed by atoms with Gasteiger partial charge in [-0.15, -0.1) is 0 Å². The van der Waals surface area contributed by atoms with Crippen molar-refractivity contribution in [1.29, 1.82) is 0 Å². The minimum atomic E-state index is -0.805. The standard InChI is InChI=1S/C24H21ClN2O5/c1-2-31-24(30)32-20-12-10-16(11-13-20)22(28)26-15-18-6-3-4-9-21(18)27-23(29)17-7-5-8-19(25)14-17/h3-14H,2,15H2,1H3,(H,26,28)(H,27,29). The van der Waals surface area contributed by atoms with Crippen molar-refractivity contribution in [3.63, 3.8) is 0 Å². The van der Waals surface area contributed by atoms with Crippen LogP contribution in [0.25, 0.3) is 0 Å². The molecule has 0 radical (unpaired) electrons. The topological polar surface area (TPSA) is 93.7 Å². The van der Waals surface area contributed by atoms with E-state index in [1.807, 2.05) is 12.1 Å². The number of rotatable bonds is 7. The number of hydrogen-bond donors (Lipinski definition) is 2. The van der Waals surface area contributed by atoms with Crippen LogP contribution in [0.15, 0.2) is 72.8 Å². The molecule has 0 aliphatic carbocycles. The SMILES string of the molecule is CCOC(=O)Oc1ccc(C(=O)NCc2ccccc2NC(=O)c2cccc(Cl)c2)cc1. The summed E-state index contributed by atoms with van der Waals surface area (Å²) in [6, 6.07) is 19.9. The Morgan fingerprint density at radius 3 is 2.34 bits per heavy atom. The average molecular weight is 453 g/mol. The summed E-state index contributed by atoms with van der Waals surface area (Å²) < 4.78 is 9.68. The quantitative estimate of drug-likeness (QED) is 0.386. The van der Waals surface area contributed by atoms with Crippen molar-refractivity contribution in [3.05, 3.63) is 94.5 Å². The molecule has 0 saturated heterocycles. The van der Waals surface area contributed by atoms with Gasteiger partial charge < -0.3 is 20.1 Å². The van der Waals surface area contributed by atoms with Gasteiger partial charge in [0.1, 0.15) is 5.75 Å². The maximum atomic E-state index is 12.5. The summed E-state index contributed by atoms with van der Waals surface area (Å²) in [7, 11) is 0. The molecule has 0 heterocycles. The Hall–Kier alpha value is -3.84. The number of anilines is 1. The smallest absolute Gasteiger partial charge is 0.434 e. The lowest BCUT2D eigenvalue weighted by atomic mass is 10.1. The van der Waals surface area contributed by atoms with E-state index in [-0.39, 0.29) is 30.7 Å². The summed E-state index contributed by atoms with van der Waals surface area (Å²) in [5.74, 6) is -0.346. The fourth-order valence-electron chi connectivity index (χ4n) is 2.82. The Bertz CT molecular complexity index is 1120. The van der Waals surface area contributed by atoms with Crippen LogP contribution in [0.2, 0.25) is 5.02 Å². The third-order valence-electron chi connectivity index (χ3n) is 4.37. The van der Waals surface area contributed by atoms with E-state index in [1.165, 1.54) is 24.3 Å². The van der Waals surface area contributed by atoms with Gasteiger partial charge in [0.2, 0.25) is 0 Å². The molecule has 0 bridgehead atoms. The zero-order valence-corrected chi connectivity index (χ0v) is 18.0. The van der Waals surface area contributed by atoms with Gasteiger partial charge in [-0.2, -0.15) is 0 Å². The maximum absolute atomic E-state index is 12.5. The van der Waals surface area contributed by atoms with E-state index < -0.39 is 6.16 Å². The molecule has 2 N–H and O–H groups in total. The van der Waals surface area contributed by atoms with Gasteiger partial charge in [0, 0.05) is 28.4 Å². The number of benzene rings is 3. The van der Waals surface area contributed by atoms with E-state index in [4.69, 9.17) is 21.1 Å². The predicted molar refractivity (Wildman–Crippen MR) is 121 cm³/mol. The van der Waals surface area contributed by atoms with Crippen LogP contribution in [0.4, 0.5) is 10.5 Å². The number of amides is 2. The number of halogens is 1. The molecule has 3 aromatic rings. The molecule has 3 rings (SSSR count). The molecule has 0 atom stereocenters. The van der Waals surface area contributed by atoms with Crippen LogP contribution in [0, 0.1) is 0 Å². The summed E-state index contributed by atoms with van der Waals surface area (Å²) in [5.41, 5.74) is 2.14. The fourth-order valence-corrected chi connectivity index (χ4v) is 3.01. The van der Waals surface area contributed by atoms with E-state index in [1.54, 1.807) is 43.3 Å². The first-order chi connectivity index (χ1) is 15.5. The van der Waals surface area contributed by atoms with Gasteiger partial charge in [-0.1, -0.05) is 35.9 Å². The van der Waals surface area contributed by atoms with Crippen molar-refractivity contribution >= 4 is 35.3 Å². The minimum absolute atomic E-state index is 0.200. The van der Waals surface area contributed by atoms with E-state index in [2.05, 4.69) is 10.6 Å². The summed E-state index contributed by atoms with van der Waals surface area (Å²) >= 11 is 5.96. The first-order valence-electron chi connectivity index (χ1n) is 9.84. The summed E-state index contributed by atoms with van der Waals surface area (Å²) in [6.07, 6.45) is -0.805. The second-order valence-electron chi connectivity index (χ2n) is 6.61. The van der Waals surface area contributed by atoms with E-state index >= 15 is 0 Å². The van der Waals surface area contributed by atoms with Crippen molar-refractivity contribution in [2.45, 2.75) is 13.5 Å². The largest absolute Gasteiger partial charge is 0.513 e. The molecule has 7 nitrogen and oxygen atoms in total. The number of para-hydroxylation sites is 1. The molecule has 0 saturated carbocycles. The number of nitrogens with one attached hydrogen (secondary N) is 2. The van der Waals surface area contributed by atoms with Crippen LogP contribution in [0.5, 0.6) is 5.75 Å². The summed E-state index contributed by atoms with van der Waals surface area (Å²) in [4.78, 5) is 36.4. The highest BCUT2D eigenvalue weighted by Crippen LogP contribution is 2.18. The lowest BCUT2D eigenvalue weighted by Crippen LogP contribution is -2.24. The number of carbonyl (C=O) groups is 3. The molecule has 0 aromatic heterocycles. The Kier molecular flexibility index (Phi) is 7.83. The zero-order valence-electron chi connectivity index (χ0n) is 17.3. The Labute approximate surface area is 190 Å². The summed E-state index contributed by atoms with van der Waals surface area (Å²) in [5, 5.41) is 6.13. The highest BCUT2D eigenvalue weighted by molar-refractivity contribution is 6.31. The summed E-state index contributed by atoms with van der Waals surface area (Å²) in [6.45, 7) is 2.09. The number of hydrogen-bond acceptors (Lipinski definition) is 5. The third-order valence-corrected chi connectivity index (χ3v) is 4.61. The fraction of sp³-hybridized carbons (Fsp3) is 0.125. The number of ether oxygens (including phenoxy) is 2. The average Bonchev–Trinajstić information content (AvgIpc) is 2.79. The van der Waals surface area contributed by atoms with Gasteiger partial charge in [0.15, 0.2) is 0 Å². The molecule has 8 heteroatoms. The van der Waals surface area contributed by atoms with Gasteiger partial charge in [0.05, 0.1) is 6.61 Å². The van der Waals surface area contributed by atoms with Gasteiger partial charge in [-0.3, -0.25) is 9.59 Å². The van der Waals surface area contributed by atoms with Crippen molar-refractivity contribution < 1.29 is 23.9 Å². The van der Waals surface area contributed by atoms with Crippen LogP contribution < -0.4 is 15.4 Å². The van der Waals surface area contributed by atoms with Crippen LogP contribution in [-0.4, -0.2) is 24.6 Å². The van der Waals surface area contributed by atoms with Crippen LogP contribution in [0.3, 0.4) is 0 Å². The molecule has 164 valence electrons. The van der Waals surface area contributed by atoms with E-state index in [0.29, 0.717) is 21.8 Å². The van der Waals surface area contributed by atoms with Gasteiger partial charge in [0.25, 0.3) is 11.8 Å². The lowest BCUT2D eigenvalue weighted by Gasteiger charge is -2.12. The number of carbonyl (C=O) groups excluding carboxylic acids is 3. The molecule has 0 aliphatic rings.